The van der Waals surface area contributed by atoms with Crippen molar-refractivity contribution in [2.75, 3.05) is 13.7 Å². The summed E-state index contributed by atoms with van der Waals surface area (Å²) in [6.07, 6.45) is -1.18. The largest absolute Gasteiger partial charge is 0.497 e. The van der Waals surface area contributed by atoms with Crippen molar-refractivity contribution in [1.29, 1.82) is 0 Å². The fraction of sp³-hybridized carbons (Fsp3) is 0.393. The van der Waals surface area contributed by atoms with Crippen molar-refractivity contribution in [3.8, 4) is 5.75 Å². The molecule has 204 valence electrons. The maximum atomic E-state index is 13.3. The number of nitrogens with zero attached hydrogens (tertiary/aromatic N) is 2. The van der Waals surface area contributed by atoms with Gasteiger partial charge in [-0.15, -0.1) is 0 Å². The van der Waals surface area contributed by atoms with Gasteiger partial charge in [0, 0.05) is 13.0 Å². The minimum atomic E-state index is -1.98. The first-order valence-electron chi connectivity index (χ1n) is 12.7. The monoisotopic (exact) mass is 536 g/mol. The van der Waals surface area contributed by atoms with E-state index in [-0.39, 0.29) is 36.4 Å². The van der Waals surface area contributed by atoms with Gasteiger partial charge in [0.25, 0.3) is 17.7 Å². The maximum Gasteiger partial charge on any atom is 0.356 e. The van der Waals surface area contributed by atoms with Gasteiger partial charge in [0.2, 0.25) is 6.23 Å². The molecule has 3 amide bonds. The Morgan fingerprint density at radius 1 is 1.05 bits per heavy atom. The smallest absolute Gasteiger partial charge is 0.356 e. The highest BCUT2D eigenvalue weighted by atomic mass is 16.6. The number of imide groups is 1. The number of benzene rings is 2. The van der Waals surface area contributed by atoms with Crippen LogP contribution in [0, 0.1) is 0 Å². The Balaban J connectivity index is 1.32. The number of aliphatic hydroxyl groups excluding tert-OH is 1. The van der Waals surface area contributed by atoms with E-state index >= 15 is 0 Å². The van der Waals surface area contributed by atoms with E-state index in [9.17, 15) is 29.1 Å². The number of aliphatic hydroxyl groups is 1. The zero-order chi connectivity index (χ0) is 27.7. The Kier molecular flexibility index (Phi) is 7.45. The summed E-state index contributed by atoms with van der Waals surface area (Å²) < 4.78 is 15.8. The van der Waals surface area contributed by atoms with Crippen LogP contribution in [0.25, 0.3) is 0 Å². The Morgan fingerprint density at radius 3 is 2.31 bits per heavy atom. The molecule has 0 radical (unpaired) electrons. The number of esters is 1. The molecule has 1 unspecified atom stereocenters. The lowest BCUT2D eigenvalue weighted by Gasteiger charge is -2.50. The van der Waals surface area contributed by atoms with Crippen molar-refractivity contribution >= 4 is 29.5 Å². The second kappa shape index (κ2) is 11.0. The lowest BCUT2D eigenvalue weighted by atomic mass is 9.87. The number of ketones is 1. The molecule has 0 bridgehead atoms. The van der Waals surface area contributed by atoms with Crippen molar-refractivity contribution < 1.29 is 43.3 Å². The number of carbonyl (C=O) groups is 5. The highest BCUT2D eigenvalue weighted by Crippen LogP contribution is 2.36. The number of Topliss-reactive ketones (excluding diaryl/α,β-unsaturated/α-hetero) is 1. The number of ether oxygens (including phenoxy) is 3. The number of rotatable bonds is 10. The molecule has 3 aliphatic rings. The number of hydrogen-bond donors (Lipinski definition) is 1. The van der Waals surface area contributed by atoms with E-state index in [0.717, 1.165) is 16.2 Å². The van der Waals surface area contributed by atoms with Crippen molar-refractivity contribution in [2.24, 2.45) is 0 Å². The van der Waals surface area contributed by atoms with E-state index < -0.39 is 48.1 Å². The summed E-state index contributed by atoms with van der Waals surface area (Å²) >= 11 is 0. The molecule has 0 aromatic heterocycles. The fourth-order valence-electron chi connectivity index (χ4n) is 5.24. The summed E-state index contributed by atoms with van der Waals surface area (Å²) in [4.78, 5) is 66.6. The molecule has 11 nitrogen and oxygen atoms in total. The fourth-order valence-corrected chi connectivity index (χ4v) is 5.24. The molecular weight excluding hydrogens is 508 g/mol. The van der Waals surface area contributed by atoms with Crippen LogP contribution in [-0.2, 0) is 30.5 Å². The van der Waals surface area contributed by atoms with Crippen molar-refractivity contribution in [2.45, 2.75) is 56.7 Å². The van der Waals surface area contributed by atoms with E-state index in [1.807, 2.05) is 0 Å². The molecule has 1 N–H and O–H groups in total. The van der Waals surface area contributed by atoms with E-state index in [1.54, 1.807) is 36.4 Å². The highest BCUT2D eigenvalue weighted by Gasteiger charge is 2.59. The van der Waals surface area contributed by atoms with E-state index in [1.165, 1.54) is 19.2 Å². The van der Waals surface area contributed by atoms with Crippen molar-refractivity contribution in [3.63, 3.8) is 0 Å². The maximum absolute atomic E-state index is 13.3. The van der Waals surface area contributed by atoms with E-state index in [0.29, 0.717) is 24.3 Å². The van der Waals surface area contributed by atoms with Crippen LogP contribution in [-0.4, -0.2) is 82.5 Å². The predicted octanol–water partition coefficient (Wildman–Crippen LogP) is 1.46. The topological polar surface area (TPSA) is 140 Å². The number of hydrogen-bond acceptors (Lipinski definition) is 9. The van der Waals surface area contributed by atoms with E-state index in [2.05, 4.69) is 0 Å². The average Bonchev–Trinajstić information content (AvgIpc) is 3.58. The van der Waals surface area contributed by atoms with Crippen LogP contribution < -0.4 is 4.74 Å². The van der Waals surface area contributed by atoms with Crippen LogP contribution in [0.4, 0.5) is 0 Å². The van der Waals surface area contributed by atoms with Gasteiger partial charge >= 0.3 is 5.97 Å². The molecule has 5 rings (SSSR count). The Morgan fingerprint density at radius 2 is 1.72 bits per heavy atom. The predicted molar refractivity (Wildman–Crippen MR) is 133 cm³/mol. The molecule has 39 heavy (non-hydrogen) atoms. The second-order valence-electron chi connectivity index (χ2n) is 9.62. The first-order valence-corrected chi connectivity index (χ1v) is 12.7. The molecule has 2 saturated heterocycles. The van der Waals surface area contributed by atoms with Gasteiger partial charge in [0.1, 0.15) is 24.5 Å². The number of fused-ring (bicyclic) bond motifs is 1. The van der Waals surface area contributed by atoms with Crippen LogP contribution in [0.2, 0.25) is 0 Å². The number of likely N-dealkylation sites (tertiary alicyclic amines) is 1. The zero-order valence-electron chi connectivity index (χ0n) is 21.3. The third-order valence-electron chi connectivity index (χ3n) is 7.32. The highest BCUT2D eigenvalue weighted by molar-refractivity contribution is 6.23. The van der Waals surface area contributed by atoms with Crippen LogP contribution >= 0.6 is 0 Å². The summed E-state index contributed by atoms with van der Waals surface area (Å²) in [6.45, 7) is 0.326. The van der Waals surface area contributed by atoms with Gasteiger partial charge in [-0.25, -0.2) is 4.79 Å². The van der Waals surface area contributed by atoms with Gasteiger partial charge in [-0.05, 0) is 49.1 Å². The number of β-lactam (4-membered cyclic amide) rings is 1. The molecule has 3 aliphatic heterocycles. The molecule has 3 heterocycles. The standard InChI is InChI=1S/C28H28N2O9/c1-37-17-10-8-16(9-11-17)15-39-28(36)27(35)29-20(12-13-21(31)22-7-4-14-38-22)23(26(29)34)30-24(32)18-5-2-3-6-19(18)25(30)33/h2-3,5-6,8-11,20,22-23,27,35H,4,7,12-15H2,1H3/t20-,22+,23+,27?/m1/s1. The normalized spacial score (nSPS) is 22.9. The molecule has 2 aromatic carbocycles. The molecule has 2 fully saturated rings. The van der Waals surface area contributed by atoms with Crippen LogP contribution in [0.1, 0.15) is 52.0 Å². The summed E-state index contributed by atoms with van der Waals surface area (Å²) in [5.74, 6) is -2.69. The summed E-state index contributed by atoms with van der Waals surface area (Å²) in [6, 6.07) is 10.7. The molecule has 11 heteroatoms. The third kappa shape index (κ3) is 4.90. The number of carbonyl (C=O) groups excluding carboxylic acids is 5. The summed E-state index contributed by atoms with van der Waals surface area (Å²) in [7, 11) is 1.52. The first kappa shape index (κ1) is 26.5. The van der Waals surface area contributed by atoms with Gasteiger partial charge in [-0.2, -0.15) is 0 Å². The molecule has 0 spiro atoms. The average molecular weight is 537 g/mol. The zero-order valence-corrected chi connectivity index (χ0v) is 21.3. The van der Waals surface area contributed by atoms with Crippen LogP contribution in [0.5, 0.6) is 5.75 Å². The molecule has 4 atom stereocenters. The van der Waals surface area contributed by atoms with Crippen LogP contribution in [0.3, 0.4) is 0 Å². The second-order valence-corrected chi connectivity index (χ2v) is 9.62. The van der Waals surface area contributed by atoms with E-state index in [4.69, 9.17) is 14.2 Å². The Bertz CT molecular complexity index is 1270. The number of methoxy groups -OCH3 is 1. The summed E-state index contributed by atoms with van der Waals surface area (Å²) in [5, 5.41) is 10.8. The van der Waals surface area contributed by atoms with Gasteiger partial charge in [0.05, 0.1) is 24.3 Å². The van der Waals surface area contributed by atoms with Gasteiger partial charge in [-0.1, -0.05) is 24.3 Å². The van der Waals surface area contributed by atoms with Gasteiger partial charge in [-0.3, -0.25) is 29.0 Å². The van der Waals surface area contributed by atoms with Crippen molar-refractivity contribution in [1.82, 2.24) is 9.80 Å². The number of amides is 3. The lowest BCUT2D eigenvalue weighted by Crippen LogP contribution is -2.74. The lowest BCUT2D eigenvalue weighted by molar-refractivity contribution is -0.191. The Labute approximate surface area is 224 Å². The van der Waals surface area contributed by atoms with Crippen LogP contribution in [0.15, 0.2) is 48.5 Å². The quantitative estimate of drug-likeness (QED) is 0.272. The summed E-state index contributed by atoms with van der Waals surface area (Å²) in [5.41, 5.74) is 0.971. The van der Waals surface area contributed by atoms with Crippen molar-refractivity contribution in [3.05, 3.63) is 65.2 Å². The first-order chi connectivity index (χ1) is 18.8. The minimum Gasteiger partial charge on any atom is -0.497 e. The SMILES string of the molecule is COc1ccc(COC(=O)C(O)N2C(=O)[C@@H](N3C(=O)c4ccccc4C3=O)[C@H]2CCC(=O)[C@@H]2CCCO2)cc1. The molecule has 2 aromatic rings. The minimum absolute atomic E-state index is 0.0192. The molecular formula is C28H28N2O9. The molecule has 0 saturated carbocycles. The Hall–Kier alpha value is -4.09. The van der Waals surface area contributed by atoms with Gasteiger partial charge < -0.3 is 19.3 Å². The van der Waals surface area contributed by atoms with Gasteiger partial charge in [0.15, 0.2) is 5.78 Å². The third-order valence-corrected chi connectivity index (χ3v) is 7.32. The molecule has 0 aliphatic carbocycles.